The normalized spacial score (nSPS) is 11.3. The largest absolute Gasteiger partial charge is 0.455 e. The highest BCUT2D eigenvalue weighted by atomic mass is 16.3. The molecular weight excluding hydrogens is 611 g/mol. The minimum Gasteiger partial charge on any atom is -0.455 e. The van der Waals surface area contributed by atoms with Crippen LogP contribution in [-0.2, 0) is 0 Å². The molecule has 4 heteroatoms. The van der Waals surface area contributed by atoms with Crippen molar-refractivity contribution in [2.24, 2.45) is 0 Å². The van der Waals surface area contributed by atoms with E-state index in [-0.39, 0.29) is 0 Å². The molecule has 0 atom stereocenters. The molecule has 0 aliphatic carbocycles. The zero-order chi connectivity index (χ0) is 33.4. The topological polar surface area (TPSA) is 51.8 Å². The summed E-state index contributed by atoms with van der Waals surface area (Å²) in [5.74, 6) is 1.84. The lowest BCUT2D eigenvalue weighted by Gasteiger charge is -2.10. The van der Waals surface area contributed by atoms with Gasteiger partial charge in [-0.1, -0.05) is 158 Å². The van der Waals surface area contributed by atoms with E-state index in [4.69, 9.17) is 19.4 Å². The minimum absolute atomic E-state index is 0.599. The summed E-state index contributed by atoms with van der Waals surface area (Å²) in [6.07, 6.45) is 0. The number of fused-ring (bicyclic) bond motifs is 3. The molecule has 2 aromatic heterocycles. The third-order valence-corrected chi connectivity index (χ3v) is 9.31. The van der Waals surface area contributed by atoms with E-state index in [9.17, 15) is 0 Å². The number of aryl methyl sites for hydroxylation is 1. The summed E-state index contributed by atoms with van der Waals surface area (Å²) in [5.41, 5.74) is 12.5. The first-order chi connectivity index (χ1) is 24.7. The average Bonchev–Trinajstić information content (AvgIpc) is 3.58. The molecule has 0 N–H and O–H groups in total. The van der Waals surface area contributed by atoms with Gasteiger partial charge in [-0.15, -0.1) is 0 Å². The summed E-state index contributed by atoms with van der Waals surface area (Å²) < 4.78 is 6.67. The molecule has 2 heterocycles. The molecule has 7 aromatic carbocycles. The molecule has 50 heavy (non-hydrogen) atoms. The Hall–Kier alpha value is -6.65. The fourth-order valence-corrected chi connectivity index (χ4v) is 6.80. The van der Waals surface area contributed by atoms with Crippen molar-refractivity contribution in [3.8, 4) is 67.5 Å². The number of benzene rings is 7. The molecule has 0 radical (unpaired) electrons. The Bertz CT molecular complexity index is 2640. The molecule has 0 spiro atoms. The molecule has 0 unspecified atom stereocenters. The molecule has 9 rings (SSSR count). The molecule has 0 aliphatic heterocycles. The highest BCUT2D eigenvalue weighted by Gasteiger charge is 2.19. The second kappa shape index (κ2) is 12.4. The van der Waals surface area contributed by atoms with E-state index in [2.05, 4.69) is 128 Å². The molecule has 0 aliphatic rings. The maximum atomic E-state index is 6.67. The molecule has 0 saturated carbocycles. The molecule has 4 nitrogen and oxygen atoms in total. The van der Waals surface area contributed by atoms with Crippen LogP contribution in [0.2, 0.25) is 0 Å². The number of hydrogen-bond donors (Lipinski definition) is 0. The number of rotatable bonds is 6. The quantitative estimate of drug-likeness (QED) is 0.181. The van der Waals surface area contributed by atoms with Gasteiger partial charge in [0, 0.05) is 33.0 Å². The van der Waals surface area contributed by atoms with E-state index in [0.717, 1.165) is 60.9 Å². The van der Waals surface area contributed by atoms with Crippen LogP contribution >= 0.6 is 0 Å². The van der Waals surface area contributed by atoms with Gasteiger partial charge in [0.05, 0.1) is 0 Å². The van der Waals surface area contributed by atoms with Crippen molar-refractivity contribution in [1.29, 1.82) is 0 Å². The maximum absolute atomic E-state index is 6.67. The summed E-state index contributed by atoms with van der Waals surface area (Å²) in [7, 11) is 0. The number of aromatic nitrogens is 3. The second-order valence-electron chi connectivity index (χ2n) is 12.5. The van der Waals surface area contributed by atoms with Crippen LogP contribution in [0, 0.1) is 6.92 Å². The van der Waals surface area contributed by atoms with Gasteiger partial charge in [-0.05, 0) is 52.4 Å². The van der Waals surface area contributed by atoms with Gasteiger partial charge in [0.2, 0.25) is 0 Å². The molecular formula is C46H31N3O. The summed E-state index contributed by atoms with van der Waals surface area (Å²) in [4.78, 5) is 15.2. The van der Waals surface area contributed by atoms with Gasteiger partial charge in [0.25, 0.3) is 0 Å². The first kappa shape index (κ1) is 29.5. The van der Waals surface area contributed by atoms with Crippen LogP contribution < -0.4 is 0 Å². The van der Waals surface area contributed by atoms with Gasteiger partial charge in [-0.3, -0.25) is 0 Å². The summed E-state index contributed by atoms with van der Waals surface area (Å²) in [5, 5.41) is 2.00. The zero-order valence-electron chi connectivity index (χ0n) is 27.4. The molecule has 0 amide bonds. The Morgan fingerprint density at radius 1 is 0.380 bits per heavy atom. The van der Waals surface area contributed by atoms with Gasteiger partial charge in [-0.25, -0.2) is 15.0 Å². The van der Waals surface area contributed by atoms with Crippen molar-refractivity contribution in [2.45, 2.75) is 6.92 Å². The molecule has 0 saturated heterocycles. The van der Waals surface area contributed by atoms with E-state index in [1.54, 1.807) is 0 Å². The van der Waals surface area contributed by atoms with Gasteiger partial charge in [0.15, 0.2) is 17.5 Å². The smallest absolute Gasteiger partial charge is 0.164 e. The Morgan fingerprint density at radius 2 is 0.920 bits per heavy atom. The van der Waals surface area contributed by atoms with Crippen LogP contribution in [0.3, 0.4) is 0 Å². The number of nitrogens with zero attached hydrogens (tertiary/aromatic N) is 3. The Morgan fingerprint density at radius 3 is 1.68 bits per heavy atom. The predicted octanol–water partition coefficient (Wildman–Crippen LogP) is 12.1. The van der Waals surface area contributed by atoms with Crippen molar-refractivity contribution in [3.05, 3.63) is 175 Å². The standard InChI is InChI=1S/C46H31N3O/c1-30-13-8-9-20-37(30)32-25-27-34(28-26-32)45-47-44(33-16-6-3-7-17-33)48-46(49-45)40-23-12-24-41-42(40)39-22-11-21-38(43(39)50-41)36-19-10-18-35(29-36)31-14-4-2-5-15-31/h2-29H,1H3. The summed E-state index contributed by atoms with van der Waals surface area (Å²) in [6, 6.07) is 58.5. The van der Waals surface area contributed by atoms with Crippen LogP contribution in [0.1, 0.15) is 5.56 Å². The van der Waals surface area contributed by atoms with Crippen molar-refractivity contribution in [1.82, 2.24) is 15.0 Å². The van der Waals surface area contributed by atoms with Gasteiger partial charge in [0.1, 0.15) is 11.2 Å². The summed E-state index contributed by atoms with van der Waals surface area (Å²) >= 11 is 0. The fourth-order valence-electron chi connectivity index (χ4n) is 6.80. The lowest BCUT2D eigenvalue weighted by Crippen LogP contribution is -2.00. The first-order valence-corrected chi connectivity index (χ1v) is 16.8. The Labute approximate surface area is 290 Å². The predicted molar refractivity (Wildman–Crippen MR) is 204 cm³/mol. The lowest BCUT2D eigenvalue weighted by atomic mass is 9.97. The van der Waals surface area contributed by atoms with Crippen molar-refractivity contribution >= 4 is 21.9 Å². The van der Waals surface area contributed by atoms with Crippen LogP contribution in [-0.4, -0.2) is 15.0 Å². The fraction of sp³-hybridized carbons (Fsp3) is 0.0217. The van der Waals surface area contributed by atoms with E-state index in [1.165, 1.54) is 16.7 Å². The van der Waals surface area contributed by atoms with Crippen LogP contribution in [0.25, 0.3) is 89.5 Å². The van der Waals surface area contributed by atoms with E-state index in [0.29, 0.717) is 17.5 Å². The number of furan rings is 1. The first-order valence-electron chi connectivity index (χ1n) is 16.8. The van der Waals surface area contributed by atoms with Crippen molar-refractivity contribution < 1.29 is 4.42 Å². The van der Waals surface area contributed by atoms with Crippen LogP contribution in [0.5, 0.6) is 0 Å². The molecule has 236 valence electrons. The van der Waals surface area contributed by atoms with E-state index < -0.39 is 0 Å². The highest BCUT2D eigenvalue weighted by Crippen LogP contribution is 2.41. The Balaban J connectivity index is 1.20. The highest BCUT2D eigenvalue weighted by molar-refractivity contribution is 6.15. The SMILES string of the molecule is Cc1ccccc1-c1ccc(-c2nc(-c3ccccc3)nc(-c3cccc4oc5c(-c6cccc(-c7ccccc7)c6)cccc5c34)n2)cc1. The van der Waals surface area contributed by atoms with Gasteiger partial charge in [-0.2, -0.15) is 0 Å². The number of hydrogen-bond acceptors (Lipinski definition) is 4. The monoisotopic (exact) mass is 641 g/mol. The van der Waals surface area contributed by atoms with Crippen LogP contribution in [0.15, 0.2) is 174 Å². The van der Waals surface area contributed by atoms with Gasteiger partial charge < -0.3 is 4.42 Å². The molecule has 0 bridgehead atoms. The van der Waals surface area contributed by atoms with E-state index >= 15 is 0 Å². The third kappa shape index (κ3) is 5.33. The van der Waals surface area contributed by atoms with E-state index in [1.807, 2.05) is 48.5 Å². The van der Waals surface area contributed by atoms with Crippen molar-refractivity contribution in [3.63, 3.8) is 0 Å². The summed E-state index contributed by atoms with van der Waals surface area (Å²) in [6.45, 7) is 2.14. The average molecular weight is 642 g/mol. The van der Waals surface area contributed by atoms with Gasteiger partial charge >= 0.3 is 0 Å². The van der Waals surface area contributed by atoms with Crippen LogP contribution in [0.4, 0.5) is 0 Å². The van der Waals surface area contributed by atoms with Crippen molar-refractivity contribution in [2.75, 3.05) is 0 Å². The second-order valence-corrected chi connectivity index (χ2v) is 12.5. The Kier molecular flexibility index (Phi) is 7.33. The number of para-hydroxylation sites is 1. The minimum atomic E-state index is 0.599. The third-order valence-electron chi connectivity index (χ3n) is 9.31. The zero-order valence-corrected chi connectivity index (χ0v) is 27.4. The maximum Gasteiger partial charge on any atom is 0.164 e. The molecule has 0 fully saturated rings. The lowest BCUT2D eigenvalue weighted by molar-refractivity contribution is 0.670. The molecule has 9 aromatic rings.